The van der Waals surface area contributed by atoms with Gasteiger partial charge in [-0.1, -0.05) is 18.2 Å². The molecule has 1 aromatic rings. The van der Waals surface area contributed by atoms with E-state index in [1.54, 1.807) is 18.9 Å². The summed E-state index contributed by atoms with van der Waals surface area (Å²) in [7, 11) is 1.54. The highest BCUT2D eigenvalue weighted by molar-refractivity contribution is 5.93. The summed E-state index contributed by atoms with van der Waals surface area (Å²) in [5.74, 6) is -0.333. The largest absolute Gasteiger partial charge is 0.466 e. The number of esters is 1. The molecule has 0 bridgehead atoms. The van der Waals surface area contributed by atoms with E-state index in [1.165, 1.54) is 0 Å². The summed E-state index contributed by atoms with van der Waals surface area (Å²) >= 11 is 0. The first kappa shape index (κ1) is 16.2. The normalized spacial score (nSPS) is 10.1. The Labute approximate surface area is 119 Å². The van der Waals surface area contributed by atoms with Crippen LogP contribution in [0.15, 0.2) is 30.3 Å². The second-order valence-corrected chi connectivity index (χ2v) is 4.23. The van der Waals surface area contributed by atoms with Gasteiger partial charge in [0.05, 0.1) is 6.61 Å². The number of benzene rings is 1. The molecule has 110 valence electrons. The highest BCUT2D eigenvalue weighted by atomic mass is 16.5. The molecule has 5 heteroatoms. The standard InChI is InChI=1S/C15H21NO4/c1-3-20-15(18)11-7-10-14(17)16(12-19-2)13-8-5-4-6-9-13/h4-6,8-9H,3,7,10-12H2,1-2H3. The lowest BCUT2D eigenvalue weighted by Gasteiger charge is -2.21. The predicted molar refractivity (Wildman–Crippen MR) is 76.3 cm³/mol. The van der Waals surface area contributed by atoms with Crippen molar-refractivity contribution in [1.82, 2.24) is 0 Å². The van der Waals surface area contributed by atoms with Crippen LogP contribution in [0, 0.1) is 0 Å². The van der Waals surface area contributed by atoms with Gasteiger partial charge in [0.2, 0.25) is 5.91 Å². The Hall–Kier alpha value is -1.88. The highest BCUT2D eigenvalue weighted by Gasteiger charge is 2.15. The quantitative estimate of drug-likeness (QED) is 0.541. The minimum atomic E-state index is -0.265. The molecule has 0 aliphatic carbocycles. The van der Waals surface area contributed by atoms with Gasteiger partial charge >= 0.3 is 5.97 Å². The van der Waals surface area contributed by atoms with Gasteiger partial charge in [0.25, 0.3) is 0 Å². The topological polar surface area (TPSA) is 55.8 Å². The molecule has 0 unspecified atom stereocenters. The Bertz CT molecular complexity index is 419. The van der Waals surface area contributed by atoms with Crippen LogP contribution >= 0.6 is 0 Å². The molecule has 1 rings (SSSR count). The van der Waals surface area contributed by atoms with Crippen LogP contribution in [0.25, 0.3) is 0 Å². The summed E-state index contributed by atoms with van der Waals surface area (Å²) in [5.41, 5.74) is 0.787. The molecule has 0 fully saturated rings. The number of hydrogen-bond donors (Lipinski definition) is 0. The first-order valence-corrected chi connectivity index (χ1v) is 6.69. The fourth-order valence-electron chi connectivity index (χ4n) is 1.78. The maximum atomic E-state index is 12.2. The van der Waals surface area contributed by atoms with Crippen molar-refractivity contribution < 1.29 is 19.1 Å². The number of amides is 1. The minimum absolute atomic E-state index is 0.0673. The van der Waals surface area contributed by atoms with E-state index in [4.69, 9.17) is 9.47 Å². The molecule has 1 aromatic carbocycles. The minimum Gasteiger partial charge on any atom is -0.466 e. The molecule has 0 saturated carbocycles. The third-order valence-corrected chi connectivity index (χ3v) is 2.70. The Morgan fingerprint density at radius 3 is 2.45 bits per heavy atom. The van der Waals surface area contributed by atoms with Crippen molar-refractivity contribution >= 4 is 17.6 Å². The Balaban J connectivity index is 2.51. The van der Waals surface area contributed by atoms with Crippen LogP contribution in [0.4, 0.5) is 5.69 Å². The molecular formula is C15H21NO4. The molecule has 0 heterocycles. The van der Waals surface area contributed by atoms with Gasteiger partial charge in [-0.15, -0.1) is 0 Å². The lowest BCUT2D eigenvalue weighted by Crippen LogP contribution is -2.32. The second-order valence-electron chi connectivity index (χ2n) is 4.23. The lowest BCUT2D eigenvalue weighted by molar-refractivity contribution is -0.143. The predicted octanol–water partition coefficient (Wildman–Crippen LogP) is 2.36. The maximum Gasteiger partial charge on any atom is 0.305 e. The summed E-state index contributed by atoms with van der Waals surface area (Å²) in [6.45, 7) is 2.33. The van der Waals surface area contributed by atoms with E-state index in [0.29, 0.717) is 13.0 Å². The molecule has 0 aromatic heterocycles. The number of nitrogens with zero attached hydrogens (tertiary/aromatic N) is 1. The van der Waals surface area contributed by atoms with Gasteiger partial charge in [0, 0.05) is 25.6 Å². The van der Waals surface area contributed by atoms with Crippen LogP contribution in [0.5, 0.6) is 0 Å². The lowest BCUT2D eigenvalue weighted by atomic mass is 10.2. The van der Waals surface area contributed by atoms with Crippen LogP contribution in [-0.2, 0) is 19.1 Å². The molecule has 1 amide bonds. The summed E-state index contributed by atoms with van der Waals surface area (Å²) < 4.78 is 9.89. The molecule has 0 saturated heterocycles. The zero-order chi connectivity index (χ0) is 14.8. The zero-order valence-electron chi connectivity index (χ0n) is 12.0. The molecule has 20 heavy (non-hydrogen) atoms. The van der Waals surface area contributed by atoms with Crippen molar-refractivity contribution in [3.8, 4) is 0 Å². The molecule has 0 N–H and O–H groups in total. The van der Waals surface area contributed by atoms with Crippen LogP contribution in [0.1, 0.15) is 26.2 Å². The number of rotatable bonds is 8. The first-order chi connectivity index (χ1) is 9.69. The second kappa shape index (κ2) is 9.09. The fourth-order valence-corrected chi connectivity index (χ4v) is 1.78. The van der Waals surface area contributed by atoms with E-state index in [9.17, 15) is 9.59 Å². The Morgan fingerprint density at radius 2 is 1.85 bits per heavy atom. The van der Waals surface area contributed by atoms with Crippen LogP contribution in [0.2, 0.25) is 0 Å². The molecule has 0 radical (unpaired) electrons. The van der Waals surface area contributed by atoms with Gasteiger partial charge in [-0.2, -0.15) is 0 Å². The van der Waals surface area contributed by atoms with Crippen LogP contribution in [0.3, 0.4) is 0 Å². The summed E-state index contributed by atoms with van der Waals surface area (Å²) in [5, 5.41) is 0. The van der Waals surface area contributed by atoms with Crippen molar-refractivity contribution in [1.29, 1.82) is 0 Å². The van der Waals surface area contributed by atoms with Gasteiger partial charge in [-0.3, -0.25) is 14.5 Å². The van der Waals surface area contributed by atoms with Crippen molar-refractivity contribution in [3.05, 3.63) is 30.3 Å². The van der Waals surface area contributed by atoms with Gasteiger partial charge < -0.3 is 9.47 Å². The summed E-state index contributed by atoms with van der Waals surface area (Å²) in [4.78, 5) is 24.9. The molecule has 0 aliphatic rings. The summed E-state index contributed by atoms with van der Waals surface area (Å²) in [6.07, 6.45) is 1.02. The van der Waals surface area contributed by atoms with E-state index in [2.05, 4.69) is 0 Å². The average molecular weight is 279 g/mol. The van der Waals surface area contributed by atoms with Gasteiger partial charge in [0.1, 0.15) is 6.73 Å². The Morgan fingerprint density at radius 1 is 1.15 bits per heavy atom. The number of hydrogen-bond acceptors (Lipinski definition) is 4. The van der Waals surface area contributed by atoms with Gasteiger partial charge in [-0.05, 0) is 25.5 Å². The zero-order valence-corrected chi connectivity index (χ0v) is 12.0. The van der Waals surface area contributed by atoms with Gasteiger partial charge in [-0.25, -0.2) is 0 Å². The molecular weight excluding hydrogens is 258 g/mol. The third kappa shape index (κ3) is 5.40. The summed E-state index contributed by atoms with van der Waals surface area (Å²) in [6, 6.07) is 9.32. The molecule has 5 nitrogen and oxygen atoms in total. The van der Waals surface area contributed by atoms with Crippen molar-refractivity contribution in [3.63, 3.8) is 0 Å². The fraction of sp³-hybridized carbons (Fsp3) is 0.467. The van der Waals surface area contributed by atoms with E-state index in [1.807, 2.05) is 30.3 Å². The van der Waals surface area contributed by atoms with E-state index in [-0.39, 0.29) is 31.4 Å². The average Bonchev–Trinajstić information content (AvgIpc) is 2.46. The van der Waals surface area contributed by atoms with Crippen LogP contribution < -0.4 is 4.90 Å². The molecule has 0 aliphatic heterocycles. The van der Waals surface area contributed by atoms with Crippen LogP contribution in [-0.4, -0.2) is 32.3 Å². The highest BCUT2D eigenvalue weighted by Crippen LogP contribution is 2.15. The number of carbonyl (C=O) groups excluding carboxylic acids is 2. The third-order valence-electron chi connectivity index (χ3n) is 2.70. The SMILES string of the molecule is CCOC(=O)CCCC(=O)N(COC)c1ccccc1. The first-order valence-electron chi connectivity index (χ1n) is 6.69. The monoisotopic (exact) mass is 279 g/mol. The van der Waals surface area contributed by atoms with Gasteiger partial charge in [0.15, 0.2) is 0 Å². The molecule has 0 atom stereocenters. The number of carbonyl (C=O) groups is 2. The maximum absolute atomic E-state index is 12.2. The van der Waals surface area contributed by atoms with Crippen molar-refractivity contribution in [2.45, 2.75) is 26.2 Å². The van der Waals surface area contributed by atoms with E-state index < -0.39 is 0 Å². The van der Waals surface area contributed by atoms with E-state index >= 15 is 0 Å². The van der Waals surface area contributed by atoms with Crippen molar-refractivity contribution in [2.75, 3.05) is 25.3 Å². The Kier molecular flexibility index (Phi) is 7.35. The number of para-hydroxylation sites is 1. The van der Waals surface area contributed by atoms with Crippen molar-refractivity contribution in [2.24, 2.45) is 0 Å². The number of ether oxygens (including phenoxy) is 2. The van der Waals surface area contributed by atoms with E-state index in [0.717, 1.165) is 5.69 Å². The number of anilines is 1. The smallest absolute Gasteiger partial charge is 0.305 e. The number of methoxy groups -OCH3 is 1. The molecule has 0 spiro atoms.